The van der Waals surface area contributed by atoms with Crippen LogP contribution in [0.3, 0.4) is 0 Å². The van der Waals surface area contributed by atoms with Crippen LogP contribution in [0, 0.1) is 0 Å². The molecule has 17 heavy (non-hydrogen) atoms. The first-order chi connectivity index (χ1) is 8.45. The van der Waals surface area contributed by atoms with E-state index in [-0.39, 0.29) is 0 Å². The summed E-state index contributed by atoms with van der Waals surface area (Å²) in [4.78, 5) is 2.59. The van der Waals surface area contributed by atoms with E-state index in [0.717, 1.165) is 25.4 Å². The van der Waals surface area contributed by atoms with Crippen molar-refractivity contribution in [1.29, 1.82) is 0 Å². The molecule has 1 atom stereocenters. The van der Waals surface area contributed by atoms with Crippen LogP contribution in [-0.4, -0.2) is 37.7 Å². The van der Waals surface area contributed by atoms with Gasteiger partial charge in [0.25, 0.3) is 0 Å². The number of para-hydroxylation sites is 1. The molecule has 3 nitrogen and oxygen atoms in total. The fraction of sp³-hybridized carbons (Fsp3) is 0.571. The predicted molar refractivity (Wildman–Crippen MR) is 68.4 cm³/mol. The molecule has 2 aliphatic rings. The lowest BCUT2D eigenvalue weighted by atomic mass is 10.1. The third kappa shape index (κ3) is 2.31. The Hall–Kier alpha value is -1.06. The second-order valence-electron chi connectivity index (χ2n) is 4.86. The highest BCUT2D eigenvalue weighted by molar-refractivity contribution is 5.39. The van der Waals surface area contributed by atoms with Crippen LogP contribution in [0.5, 0.6) is 5.75 Å². The molecule has 0 spiro atoms. The Balaban J connectivity index is 1.75. The standard InChI is InChI=1S/C14H20N2O/c1-2-6-14-12(5-1)13(11-17-14)16-9-3-7-15-8-4-10-16/h1-2,5-6,13,15H,3-4,7-11H2. The molecule has 1 fully saturated rings. The van der Waals surface area contributed by atoms with Gasteiger partial charge in [-0.25, -0.2) is 0 Å². The van der Waals surface area contributed by atoms with E-state index in [1.807, 2.05) is 0 Å². The quantitative estimate of drug-likeness (QED) is 0.799. The van der Waals surface area contributed by atoms with Crippen LogP contribution in [0.2, 0.25) is 0 Å². The smallest absolute Gasteiger partial charge is 0.124 e. The number of rotatable bonds is 1. The van der Waals surface area contributed by atoms with Crippen LogP contribution in [0.1, 0.15) is 24.4 Å². The maximum absolute atomic E-state index is 5.78. The Morgan fingerprint density at radius 1 is 1.12 bits per heavy atom. The van der Waals surface area contributed by atoms with Crippen molar-refractivity contribution < 1.29 is 4.74 Å². The SMILES string of the molecule is c1ccc2c(c1)OCC2N1CCCNCCC1. The molecule has 0 aliphatic carbocycles. The fourth-order valence-electron chi connectivity index (χ4n) is 2.81. The first kappa shape index (κ1) is 11.1. The van der Waals surface area contributed by atoms with Gasteiger partial charge in [0.1, 0.15) is 12.4 Å². The van der Waals surface area contributed by atoms with E-state index in [0.29, 0.717) is 6.04 Å². The molecule has 2 aliphatic heterocycles. The molecule has 1 saturated heterocycles. The number of benzene rings is 1. The monoisotopic (exact) mass is 232 g/mol. The van der Waals surface area contributed by atoms with E-state index >= 15 is 0 Å². The minimum atomic E-state index is 0.476. The van der Waals surface area contributed by atoms with E-state index in [2.05, 4.69) is 34.5 Å². The van der Waals surface area contributed by atoms with Gasteiger partial charge in [0, 0.05) is 18.7 Å². The molecule has 1 unspecified atom stereocenters. The number of nitrogens with zero attached hydrogens (tertiary/aromatic N) is 1. The molecule has 0 amide bonds. The van der Waals surface area contributed by atoms with Gasteiger partial charge in [-0.2, -0.15) is 0 Å². The molecule has 0 bridgehead atoms. The third-order valence-corrected chi connectivity index (χ3v) is 3.71. The normalized spacial score (nSPS) is 25.8. The molecule has 0 aromatic heterocycles. The highest BCUT2D eigenvalue weighted by atomic mass is 16.5. The van der Waals surface area contributed by atoms with Gasteiger partial charge in [0.15, 0.2) is 0 Å². The average Bonchev–Trinajstić information content (AvgIpc) is 2.73. The van der Waals surface area contributed by atoms with Crippen LogP contribution in [0.25, 0.3) is 0 Å². The fourth-order valence-corrected chi connectivity index (χ4v) is 2.81. The number of fused-ring (bicyclic) bond motifs is 1. The number of hydrogen-bond donors (Lipinski definition) is 1. The first-order valence-electron chi connectivity index (χ1n) is 6.61. The van der Waals surface area contributed by atoms with Gasteiger partial charge in [-0.05, 0) is 32.0 Å². The zero-order valence-corrected chi connectivity index (χ0v) is 10.2. The van der Waals surface area contributed by atoms with Gasteiger partial charge < -0.3 is 10.1 Å². The molecule has 0 radical (unpaired) electrons. The summed E-state index contributed by atoms with van der Waals surface area (Å²) >= 11 is 0. The van der Waals surface area contributed by atoms with Gasteiger partial charge in [0.2, 0.25) is 0 Å². The Morgan fingerprint density at radius 3 is 2.71 bits per heavy atom. The topological polar surface area (TPSA) is 24.5 Å². The lowest BCUT2D eigenvalue weighted by molar-refractivity contribution is 0.153. The molecule has 1 aromatic carbocycles. The highest BCUT2D eigenvalue weighted by Crippen LogP contribution is 2.35. The summed E-state index contributed by atoms with van der Waals surface area (Å²) < 4.78 is 5.78. The molecule has 3 rings (SSSR count). The molecule has 3 heteroatoms. The largest absolute Gasteiger partial charge is 0.491 e. The molecule has 92 valence electrons. The van der Waals surface area contributed by atoms with Crippen LogP contribution >= 0.6 is 0 Å². The van der Waals surface area contributed by atoms with Crippen molar-refractivity contribution in [1.82, 2.24) is 10.2 Å². The van der Waals surface area contributed by atoms with Gasteiger partial charge in [0.05, 0.1) is 6.04 Å². The summed E-state index contributed by atoms with van der Waals surface area (Å²) in [6.07, 6.45) is 2.47. The Morgan fingerprint density at radius 2 is 1.88 bits per heavy atom. The Bertz CT molecular complexity index is 372. The second-order valence-corrected chi connectivity index (χ2v) is 4.86. The molecular weight excluding hydrogens is 212 g/mol. The van der Waals surface area contributed by atoms with E-state index in [1.165, 1.54) is 31.5 Å². The van der Waals surface area contributed by atoms with E-state index < -0.39 is 0 Å². The lowest BCUT2D eigenvalue weighted by Crippen LogP contribution is -2.37. The van der Waals surface area contributed by atoms with Crippen LogP contribution in [0.15, 0.2) is 24.3 Å². The number of nitrogens with one attached hydrogen (secondary N) is 1. The summed E-state index contributed by atoms with van der Waals surface area (Å²) in [7, 11) is 0. The zero-order valence-electron chi connectivity index (χ0n) is 10.2. The van der Waals surface area contributed by atoms with Crippen molar-refractivity contribution in [3.05, 3.63) is 29.8 Å². The molecular formula is C14H20N2O. The summed E-state index contributed by atoms with van der Waals surface area (Å²) in [6.45, 7) is 5.47. The van der Waals surface area contributed by atoms with E-state index in [1.54, 1.807) is 0 Å². The molecule has 1 aromatic rings. The third-order valence-electron chi connectivity index (χ3n) is 3.71. The zero-order chi connectivity index (χ0) is 11.5. The molecule has 2 heterocycles. The van der Waals surface area contributed by atoms with Gasteiger partial charge >= 0.3 is 0 Å². The van der Waals surface area contributed by atoms with Crippen LogP contribution in [0.4, 0.5) is 0 Å². The summed E-state index contributed by atoms with van der Waals surface area (Å²) in [5.41, 5.74) is 1.38. The van der Waals surface area contributed by atoms with Crippen molar-refractivity contribution in [2.75, 3.05) is 32.8 Å². The summed E-state index contributed by atoms with van der Waals surface area (Å²) in [5.74, 6) is 1.08. The van der Waals surface area contributed by atoms with Crippen LogP contribution in [-0.2, 0) is 0 Å². The van der Waals surface area contributed by atoms with Crippen molar-refractivity contribution >= 4 is 0 Å². The molecule has 1 N–H and O–H groups in total. The molecule has 0 saturated carbocycles. The van der Waals surface area contributed by atoms with E-state index in [4.69, 9.17) is 4.74 Å². The highest BCUT2D eigenvalue weighted by Gasteiger charge is 2.28. The lowest BCUT2D eigenvalue weighted by Gasteiger charge is -2.29. The van der Waals surface area contributed by atoms with Crippen molar-refractivity contribution in [3.63, 3.8) is 0 Å². The Kier molecular flexibility index (Phi) is 3.29. The van der Waals surface area contributed by atoms with E-state index in [9.17, 15) is 0 Å². The van der Waals surface area contributed by atoms with Crippen LogP contribution < -0.4 is 10.1 Å². The maximum atomic E-state index is 5.78. The maximum Gasteiger partial charge on any atom is 0.124 e. The van der Waals surface area contributed by atoms with Crippen molar-refractivity contribution in [2.45, 2.75) is 18.9 Å². The average molecular weight is 232 g/mol. The van der Waals surface area contributed by atoms with Crippen molar-refractivity contribution in [3.8, 4) is 5.75 Å². The first-order valence-corrected chi connectivity index (χ1v) is 6.61. The van der Waals surface area contributed by atoms with Crippen molar-refractivity contribution in [2.24, 2.45) is 0 Å². The minimum Gasteiger partial charge on any atom is -0.491 e. The number of hydrogen-bond acceptors (Lipinski definition) is 3. The summed E-state index contributed by atoms with van der Waals surface area (Å²) in [5, 5.41) is 3.46. The predicted octanol–water partition coefficient (Wildman–Crippen LogP) is 1.81. The number of ether oxygens (including phenoxy) is 1. The van der Waals surface area contributed by atoms with Gasteiger partial charge in [-0.1, -0.05) is 18.2 Å². The van der Waals surface area contributed by atoms with Gasteiger partial charge in [-0.3, -0.25) is 4.90 Å². The Labute approximate surface area is 103 Å². The second kappa shape index (κ2) is 5.07. The summed E-state index contributed by atoms with van der Waals surface area (Å²) in [6, 6.07) is 8.94. The van der Waals surface area contributed by atoms with Gasteiger partial charge in [-0.15, -0.1) is 0 Å². The minimum absolute atomic E-state index is 0.476.